The van der Waals surface area contributed by atoms with Crippen molar-refractivity contribution in [1.82, 2.24) is 0 Å². The molecule has 0 aromatic heterocycles. The van der Waals surface area contributed by atoms with Gasteiger partial charge in [0.05, 0.1) is 0 Å². The van der Waals surface area contributed by atoms with E-state index < -0.39 is 0 Å². The van der Waals surface area contributed by atoms with E-state index in [-0.39, 0.29) is 28.4 Å². The monoisotopic (exact) mass is 292 g/mol. The van der Waals surface area contributed by atoms with Gasteiger partial charge in [0.25, 0.3) is 0 Å². The van der Waals surface area contributed by atoms with E-state index in [4.69, 9.17) is 16.3 Å². The number of aromatic hydroxyl groups is 2. The first-order valence-electron chi connectivity index (χ1n) is 6.27. The summed E-state index contributed by atoms with van der Waals surface area (Å²) < 4.78 is 5.50. The van der Waals surface area contributed by atoms with E-state index in [1.165, 1.54) is 6.07 Å². The number of hydrogen-bond donors (Lipinski definition) is 2. The van der Waals surface area contributed by atoms with Crippen LogP contribution in [0.1, 0.15) is 26.3 Å². The van der Waals surface area contributed by atoms with Crippen LogP contribution >= 0.6 is 11.6 Å². The fraction of sp³-hybridized carbons (Fsp3) is 0.250. The number of phenolic OH excluding ortho intramolecular Hbond substituents is 2. The highest BCUT2D eigenvalue weighted by atomic mass is 35.5. The molecule has 0 bridgehead atoms. The van der Waals surface area contributed by atoms with Crippen LogP contribution in [0.25, 0.3) is 0 Å². The maximum absolute atomic E-state index is 10.0. The molecule has 0 aliphatic heterocycles. The predicted octanol–water partition coefficient (Wildman–Crippen LogP) is 4.84. The molecular weight excluding hydrogens is 276 g/mol. The number of halogens is 1. The Balaban J connectivity index is 2.30. The van der Waals surface area contributed by atoms with E-state index in [9.17, 15) is 10.2 Å². The van der Waals surface area contributed by atoms with Crippen molar-refractivity contribution in [1.29, 1.82) is 0 Å². The Morgan fingerprint density at radius 1 is 0.900 bits per heavy atom. The number of benzene rings is 2. The van der Waals surface area contributed by atoms with Crippen LogP contribution in [0.4, 0.5) is 0 Å². The minimum atomic E-state index is -0.0724. The molecule has 2 N–H and O–H groups in total. The molecule has 3 nitrogen and oxygen atoms in total. The lowest BCUT2D eigenvalue weighted by Gasteiger charge is -2.20. The SMILES string of the molecule is CC(C)(C)c1ccc(Oc2ccc(Cl)cc2O)c(O)c1. The highest BCUT2D eigenvalue weighted by molar-refractivity contribution is 6.30. The summed E-state index contributed by atoms with van der Waals surface area (Å²) in [4.78, 5) is 0. The summed E-state index contributed by atoms with van der Waals surface area (Å²) in [5, 5.41) is 20.2. The highest BCUT2D eigenvalue weighted by Crippen LogP contribution is 2.38. The molecule has 0 unspecified atom stereocenters. The Hall–Kier alpha value is -1.87. The highest BCUT2D eigenvalue weighted by Gasteiger charge is 2.16. The summed E-state index contributed by atoms with van der Waals surface area (Å²) >= 11 is 5.76. The Bertz CT molecular complexity index is 630. The zero-order chi connectivity index (χ0) is 14.9. The van der Waals surface area contributed by atoms with Crippen molar-refractivity contribution in [2.24, 2.45) is 0 Å². The van der Waals surface area contributed by atoms with Crippen molar-refractivity contribution in [2.75, 3.05) is 0 Å². The van der Waals surface area contributed by atoms with E-state index in [2.05, 4.69) is 20.8 Å². The Morgan fingerprint density at radius 2 is 1.45 bits per heavy atom. The van der Waals surface area contributed by atoms with Gasteiger partial charge in [0.1, 0.15) is 0 Å². The third-order valence-corrected chi connectivity index (χ3v) is 3.20. The molecule has 2 aromatic carbocycles. The molecule has 0 saturated heterocycles. The molecule has 0 atom stereocenters. The Kier molecular flexibility index (Phi) is 3.82. The first-order valence-corrected chi connectivity index (χ1v) is 6.65. The van der Waals surface area contributed by atoms with Gasteiger partial charge in [-0.1, -0.05) is 38.4 Å². The van der Waals surface area contributed by atoms with Crippen LogP contribution in [-0.2, 0) is 5.41 Å². The molecule has 0 amide bonds. The van der Waals surface area contributed by atoms with Gasteiger partial charge in [-0.05, 0) is 35.2 Å². The van der Waals surface area contributed by atoms with Gasteiger partial charge in [-0.15, -0.1) is 0 Å². The van der Waals surface area contributed by atoms with Gasteiger partial charge in [-0.25, -0.2) is 0 Å². The van der Waals surface area contributed by atoms with Gasteiger partial charge in [0.2, 0.25) is 0 Å². The van der Waals surface area contributed by atoms with Gasteiger partial charge in [-0.2, -0.15) is 0 Å². The number of hydrogen-bond acceptors (Lipinski definition) is 3. The number of ether oxygens (including phenoxy) is 1. The van der Waals surface area contributed by atoms with Gasteiger partial charge in [0, 0.05) is 11.1 Å². The van der Waals surface area contributed by atoms with Crippen LogP contribution < -0.4 is 4.74 Å². The second-order valence-corrected chi connectivity index (χ2v) is 6.08. The summed E-state index contributed by atoms with van der Waals surface area (Å²) in [5.74, 6) is 0.493. The smallest absolute Gasteiger partial charge is 0.169 e. The van der Waals surface area contributed by atoms with Crippen molar-refractivity contribution in [3.8, 4) is 23.0 Å². The summed E-state index contributed by atoms with van der Waals surface area (Å²) in [5.41, 5.74) is 0.945. The van der Waals surface area contributed by atoms with Crippen molar-refractivity contribution in [3.63, 3.8) is 0 Å². The number of rotatable bonds is 2. The van der Waals surface area contributed by atoms with E-state index in [1.54, 1.807) is 24.3 Å². The average molecular weight is 293 g/mol. The summed E-state index contributed by atoms with van der Waals surface area (Å²) in [6.07, 6.45) is 0. The van der Waals surface area contributed by atoms with E-state index >= 15 is 0 Å². The van der Waals surface area contributed by atoms with Crippen molar-refractivity contribution in [3.05, 3.63) is 47.0 Å². The van der Waals surface area contributed by atoms with E-state index in [1.807, 2.05) is 6.07 Å². The van der Waals surface area contributed by atoms with Gasteiger partial charge >= 0.3 is 0 Å². The molecule has 0 radical (unpaired) electrons. The van der Waals surface area contributed by atoms with E-state index in [0.717, 1.165) is 5.56 Å². The fourth-order valence-corrected chi connectivity index (χ4v) is 1.93. The number of phenols is 2. The quantitative estimate of drug-likeness (QED) is 0.832. The summed E-state index contributed by atoms with van der Waals surface area (Å²) in [6, 6.07) is 9.79. The zero-order valence-electron chi connectivity index (χ0n) is 11.6. The Morgan fingerprint density at radius 3 is 1.95 bits per heavy atom. The van der Waals surface area contributed by atoms with Crippen LogP contribution in [0.2, 0.25) is 5.02 Å². The first-order chi connectivity index (χ1) is 9.27. The maximum atomic E-state index is 10.0. The topological polar surface area (TPSA) is 49.7 Å². The third kappa shape index (κ3) is 3.17. The third-order valence-electron chi connectivity index (χ3n) is 2.97. The molecule has 0 aliphatic rings. The molecule has 2 rings (SSSR count). The second-order valence-electron chi connectivity index (χ2n) is 5.65. The molecule has 0 heterocycles. The van der Waals surface area contributed by atoms with Crippen LogP contribution in [0.5, 0.6) is 23.0 Å². The lowest BCUT2D eigenvalue weighted by atomic mass is 9.87. The summed E-state index contributed by atoms with van der Waals surface area (Å²) in [7, 11) is 0. The van der Waals surface area contributed by atoms with Crippen molar-refractivity contribution >= 4 is 11.6 Å². The lowest BCUT2D eigenvalue weighted by Crippen LogP contribution is -2.10. The van der Waals surface area contributed by atoms with Crippen molar-refractivity contribution < 1.29 is 14.9 Å². The van der Waals surface area contributed by atoms with Crippen LogP contribution in [0, 0.1) is 0 Å². The standard InChI is InChI=1S/C16H17ClO3/c1-16(2,3)10-4-6-14(12(18)8-10)20-15-7-5-11(17)9-13(15)19/h4-9,18-19H,1-3H3. The Labute approximate surface area is 123 Å². The minimum absolute atomic E-state index is 0.0341. The molecular formula is C16H17ClO3. The van der Waals surface area contributed by atoms with Gasteiger partial charge in [-0.3, -0.25) is 0 Å². The largest absolute Gasteiger partial charge is 0.504 e. The molecule has 4 heteroatoms. The van der Waals surface area contributed by atoms with Crippen LogP contribution in [-0.4, -0.2) is 10.2 Å². The van der Waals surface area contributed by atoms with Gasteiger partial charge < -0.3 is 14.9 Å². The molecule has 106 valence electrons. The van der Waals surface area contributed by atoms with Crippen LogP contribution in [0.3, 0.4) is 0 Å². The summed E-state index contributed by atoms with van der Waals surface area (Å²) in [6.45, 7) is 6.19. The van der Waals surface area contributed by atoms with Crippen LogP contribution in [0.15, 0.2) is 36.4 Å². The normalized spacial score (nSPS) is 11.4. The molecule has 20 heavy (non-hydrogen) atoms. The molecule has 0 spiro atoms. The first kappa shape index (κ1) is 14.5. The van der Waals surface area contributed by atoms with Gasteiger partial charge in [0.15, 0.2) is 23.0 Å². The second kappa shape index (κ2) is 5.25. The lowest BCUT2D eigenvalue weighted by molar-refractivity contribution is 0.384. The maximum Gasteiger partial charge on any atom is 0.169 e. The van der Waals surface area contributed by atoms with E-state index in [0.29, 0.717) is 5.02 Å². The fourth-order valence-electron chi connectivity index (χ4n) is 1.77. The molecule has 0 aliphatic carbocycles. The minimum Gasteiger partial charge on any atom is -0.504 e. The zero-order valence-corrected chi connectivity index (χ0v) is 12.4. The van der Waals surface area contributed by atoms with Crippen molar-refractivity contribution in [2.45, 2.75) is 26.2 Å². The molecule has 2 aromatic rings. The molecule has 0 fully saturated rings. The average Bonchev–Trinajstić information content (AvgIpc) is 2.33. The molecule has 0 saturated carbocycles. The predicted molar refractivity (Wildman–Crippen MR) is 80.0 cm³/mol.